The molecule has 2 aromatic carbocycles. The van der Waals surface area contributed by atoms with Crippen molar-refractivity contribution in [2.75, 3.05) is 26.4 Å². The Bertz CT molecular complexity index is 2710. The average molecular weight is 823 g/mol. The topological polar surface area (TPSA) is 170 Å². The first-order valence-electron chi connectivity index (χ1n) is 18.7. The summed E-state index contributed by atoms with van der Waals surface area (Å²) >= 11 is 0. The van der Waals surface area contributed by atoms with Crippen LogP contribution in [0.5, 0.6) is 0 Å². The molecule has 0 aliphatic rings. The van der Waals surface area contributed by atoms with Gasteiger partial charge in [0.25, 0.3) is 0 Å². The number of halogens is 4. The fraction of sp³-hybridized carbons (Fsp3) is 0.238. The summed E-state index contributed by atoms with van der Waals surface area (Å²) in [6.07, 6.45) is 6.10. The van der Waals surface area contributed by atoms with Crippen LogP contribution in [0.25, 0.3) is 33.1 Å². The molecule has 8 rings (SSSR count). The van der Waals surface area contributed by atoms with Gasteiger partial charge in [-0.15, -0.1) is 0 Å². The van der Waals surface area contributed by atoms with Gasteiger partial charge in [-0.1, -0.05) is 24.2 Å². The summed E-state index contributed by atoms with van der Waals surface area (Å²) in [5.74, 6) is -3.95. The van der Waals surface area contributed by atoms with Crippen LogP contribution in [-0.2, 0) is 9.68 Å². The molecule has 0 saturated carbocycles. The Morgan fingerprint density at radius 2 is 1.05 bits per heavy atom. The number of aromatic nitrogens is 8. The first kappa shape index (κ1) is 41.2. The largest absolute Gasteiger partial charge is 0.393 e. The molecule has 0 aliphatic carbocycles. The molecule has 14 nitrogen and oxygen atoms in total. The van der Waals surface area contributed by atoms with E-state index in [9.17, 15) is 8.78 Å². The minimum absolute atomic E-state index is 0.0684. The van der Waals surface area contributed by atoms with Crippen molar-refractivity contribution >= 4 is 44.5 Å². The van der Waals surface area contributed by atoms with Crippen LogP contribution in [0, 0.1) is 23.3 Å². The van der Waals surface area contributed by atoms with E-state index in [0.29, 0.717) is 45.5 Å². The average Bonchev–Trinajstić information content (AvgIpc) is 3.88. The zero-order valence-electron chi connectivity index (χ0n) is 32.8. The fourth-order valence-corrected chi connectivity index (χ4v) is 6.64. The van der Waals surface area contributed by atoms with Crippen LogP contribution in [0.15, 0.2) is 95.8 Å². The van der Waals surface area contributed by atoms with E-state index in [-0.39, 0.29) is 59.4 Å². The summed E-state index contributed by atoms with van der Waals surface area (Å²) in [7, 11) is 0. The molecule has 0 saturated heterocycles. The molecule has 0 spiro atoms. The Kier molecular flexibility index (Phi) is 12.3. The highest BCUT2D eigenvalue weighted by atomic mass is 19.1. The Morgan fingerprint density at radius 3 is 1.45 bits per heavy atom. The molecule has 0 fully saturated rings. The van der Waals surface area contributed by atoms with Crippen LogP contribution in [-0.4, -0.2) is 87.2 Å². The number of fused-ring (bicyclic) bond motifs is 4. The highest BCUT2D eigenvalue weighted by Crippen LogP contribution is 2.34. The maximum absolute atomic E-state index is 15.2. The van der Waals surface area contributed by atoms with E-state index in [1.807, 2.05) is 0 Å². The van der Waals surface area contributed by atoms with Crippen molar-refractivity contribution in [1.29, 1.82) is 0 Å². The lowest BCUT2D eigenvalue weighted by molar-refractivity contribution is 0.0986. The Labute approximate surface area is 339 Å². The van der Waals surface area contributed by atoms with Gasteiger partial charge in [0.15, 0.2) is 11.3 Å². The normalized spacial score (nSPS) is 13.2. The summed E-state index contributed by atoms with van der Waals surface area (Å²) in [5.41, 5.74) is 4.51. The predicted octanol–water partition coefficient (Wildman–Crippen LogP) is 6.88. The Morgan fingerprint density at radius 1 is 0.633 bits per heavy atom. The predicted molar refractivity (Wildman–Crippen MR) is 215 cm³/mol. The quantitative estimate of drug-likeness (QED) is 0.0573. The van der Waals surface area contributed by atoms with Crippen molar-refractivity contribution in [3.63, 3.8) is 0 Å². The summed E-state index contributed by atoms with van der Waals surface area (Å²) in [6.45, 7) is 6.67. The van der Waals surface area contributed by atoms with Gasteiger partial charge < -0.3 is 19.9 Å². The molecule has 0 bridgehead atoms. The number of aliphatic hydroxyl groups excluding tert-OH is 2. The number of pyridine rings is 2. The van der Waals surface area contributed by atoms with Gasteiger partial charge in [-0.3, -0.25) is 9.97 Å². The zero-order chi connectivity index (χ0) is 42.5. The van der Waals surface area contributed by atoms with Gasteiger partial charge in [-0.2, -0.15) is 10.2 Å². The highest BCUT2D eigenvalue weighted by molar-refractivity contribution is 5.97. The second-order valence-electron chi connectivity index (χ2n) is 13.6. The first-order valence-corrected chi connectivity index (χ1v) is 18.7. The summed E-state index contributed by atoms with van der Waals surface area (Å²) in [5, 5.41) is 34.9. The van der Waals surface area contributed by atoms with Gasteiger partial charge >= 0.3 is 0 Å². The van der Waals surface area contributed by atoms with E-state index in [0.717, 1.165) is 0 Å². The number of hydrogen-bond acceptors (Lipinski definition) is 12. The van der Waals surface area contributed by atoms with Gasteiger partial charge in [-0.25, -0.2) is 36.6 Å². The number of imidazole rings is 2. The SMILES string of the molecule is C/C(=N\OCCO)c1ccc2ncc([C@@H](C)c3c(F)cc4ncccc4c3F)n2n1.C/C(=N\OCCO)c1ccc2ncc([C@H](C)c3c(F)cc4ncccc4c3F)n2n1. The van der Waals surface area contributed by atoms with Crippen molar-refractivity contribution < 1.29 is 37.4 Å². The van der Waals surface area contributed by atoms with E-state index in [4.69, 9.17) is 19.9 Å². The van der Waals surface area contributed by atoms with Crippen LogP contribution in [0.1, 0.15) is 73.4 Å². The summed E-state index contributed by atoms with van der Waals surface area (Å²) < 4.78 is 63.0. The second-order valence-corrected chi connectivity index (χ2v) is 13.6. The lowest BCUT2D eigenvalue weighted by Gasteiger charge is -2.15. The van der Waals surface area contributed by atoms with Gasteiger partial charge in [0.1, 0.15) is 59.3 Å². The standard InChI is InChI=1S/2C21H19F2N5O2/c2*1-12(20-15(22)10-17-14(21(20)23)4-3-7-24-17)18-11-25-19-6-5-16(26-28(18)19)13(2)27-30-9-8-29/h2*3-7,10-12,29H,8-9H2,1-2H3/b2*27-13+/t2*12-/m10/s1. The first-order chi connectivity index (χ1) is 29.0. The Balaban J connectivity index is 0.000000181. The summed E-state index contributed by atoms with van der Waals surface area (Å²) in [6, 6.07) is 15.8. The molecule has 8 aromatic rings. The van der Waals surface area contributed by atoms with Crippen LogP contribution >= 0.6 is 0 Å². The molecule has 0 aliphatic heterocycles. The van der Waals surface area contributed by atoms with Gasteiger partial charge in [-0.05, 0) is 62.4 Å². The molecular formula is C42H38F4N10O4. The van der Waals surface area contributed by atoms with Crippen molar-refractivity contribution in [2.45, 2.75) is 39.5 Å². The van der Waals surface area contributed by atoms with E-state index >= 15 is 8.78 Å². The maximum atomic E-state index is 15.2. The molecule has 0 amide bonds. The van der Waals surface area contributed by atoms with Crippen molar-refractivity contribution in [2.24, 2.45) is 10.3 Å². The van der Waals surface area contributed by atoms with Crippen molar-refractivity contribution in [1.82, 2.24) is 39.2 Å². The van der Waals surface area contributed by atoms with Gasteiger partial charge in [0, 0.05) is 58.3 Å². The van der Waals surface area contributed by atoms with Gasteiger partial charge in [0.2, 0.25) is 0 Å². The van der Waals surface area contributed by atoms with Gasteiger partial charge in [0.05, 0.1) is 48.0 Å². The highest BCUT2D eigenvalue weighted by Gasteiger charge is 2.26. The summed E-state index contributed by atoms with van der Waals surface area (Å²) in [4.78, 5) is 26.6. The van der Waals surface area contributed by atoms with Crippen molar-refractivity contribution in [3.05, 3.63) is 143 Å². The van der Waals surface area contributed by atoms with Crippen LogP contribution < -0.4 is 0 Å². The number of rotatable bonds is 12. The minimum Gasteiger partial charge on any atom is -0.393 e. The van der Waals surface area contributed by atoms with E-state index < -0.39 is 35.1 Å². The molecule has 0 unspecified atom stereocenters. The third-order valence-electron chi connectivity index (χ3n) is 9.70. The number of benzene rings is 2. The third kappa shape index (κ3) is 8.19. The molecule has 2 N–H and O–H groups in total. The van der Waals surface area contributed by atoms with Crippen LogP contribution in [0.2, 0.25) is 0 Å². The molecule has 2 atom stereocenters. The number of nitrogens with zero attached hydrogens (tertiary/aromatic N) is 10. The molecule has 6 heterocycles. The molecule has 18 heteroatoms. The number of hydrogen-bond donors (Lipinski definition) is 2. The monoisotopic (exact) mass is 822 g/mol. The third-order valence-corrected chi connectivity index (χ3v) is 9.70. The lowest BCUT2D eigenvalue weighted by Crippen LogP contribution is -2.11. The number of aliphatic hydroxyl groups is 2. The maximum Gasteiger partial charge on any atom is 0.153 e. The fourth-order valence-electron chi connectivity index (χ4n) is 6.64. The van der Waals surface area contributed by atoms with Crippen molar-refractivity contribution in [3.8, 4) is 0 Å². The molecule has 6 aromatic heterocycles. The molecule has 308 valence electrons. The molecule has 60 heavy (non-hydrogen) atoms. The van der Waals surface area contributed by atoms with E-state index in [1.165, 1.54) is 33.6 Å². The Hall–Kier alpha value is -6.92. The van der Waals surface area contributed by atoms with E-state index in [1.54, 1.807) is 88.6 Å². The zero-order valence-corrected chi connectivity index (χ0v) is 32.8. The van der Waals surface area contributed by atoms with Crippen LogP contribution in [0.3, 0.4) is 0 Å². The molecular weight excluding hydrogens is 785 g/mol. The second kappa shape index (κ2) is 17.9. The smallest absolute Gasteiger partial charge is 0.153 e. The molecule has 0 radical (unpaired) electrons. The number of oxime groups is 2. The van der Waals surface area contributed by atoms with Crippen LogP contribution in [0.4, 0.5) is 17.6 Å². The minimum atomic E-state index is -0.674. The lowest BCUT2D eigenvalue weighted by atomic mass is 9.95. The van der Waals surface area contributed by atoms with E-state index in [2.05, 4.69) is 40.4 Å².